The van der Waals surface area contributed by atoms with Crippen molar-refractivity contribution in [3.8, 4) is 6.07 Å². The van der Waals surface area contributed by atoms with Gasteiger partial charge in [-0.15, -0.1) is 5.10 Å². The molecule has 29 heavy (non-hydrogen) atoms. The Labute approximate surface area is 165 Å². The van der Waals surface area contributed by atoms with Gasteiger partial charge in [0, 0.05) is 11.6 Å². The molecule has 2 aromatic rings. The van der Waals surface area contributed by atoms with Gasteiger partial charge in [-0.3, -0.25) is 10.2 Å². The number of nitrogens with zero attached hydrogens (tertiary/aromatic N) is 5. The molecule has 1 aromatic carbocycles. The van der Waals surface area contributed by atoms with Crippen LogP contribution in [0.3, 0.4) is 0 Å². The van der Waals surface area contributed by atoms with Crippen LogP contribution < -0.4 is 11.0 Å². The predicted molar refractivity (Wildman–Crippen MR) is 105 cm³/mol. The molecule has 3 heterocycles. The van der Waals surface area contributed by atoms with E-state index in [0.29, 0.717) is 5.57 Å². The van der Waals surface area contributed by atoms with Gasteiger partial charge >= 0.3 is 5.97 Å². The number of rotatable bonds is 3. The maximum Gasteiger partial charge on any atom is 0.357 e. The van der Waals surface area contributed by atoms with Gasteiger partial charge in [0.1, 0.15) is 11.6 Å². The smallest absolute Gasteiger partial charge is 0.357 e. The first-order valence-corrected chi connectivity index (χ1v) is 8.89. The number of hydrogen-bond donors (Lipinski definition) is 1. The molecule has 0 amide bonds. The summed E-state index contributed by atoms with van der Waals surface area (Å²) in [4.78, 5) is 28.3. The Bertz CT molecular complexity index is 1200. The monoisotopic (exact) mass is 388 g/mol. The Morgan fingerprint density at radius 2 is 2.07 bits per heavy atom. The van der Waals surface area contributed by atoms with Gasteiger partial charge in [0.15, 0.2) is 11.5 Å². The molecule has 4 rings (SSSR count). The van der Waals surface area contributed by atoms with Crippen LogP contribution in [0.25, 0.3) is 5.70 Å². The third-order valence-corrected chi connectivity index (χ3v) is 4.40. The normalized spacial score (nSPS) is 14.7. The van der Waals surface area contributed by atoms with E-state index in [1.807, 2.05) is 43.3 Å². The number of nitriles is 1. The molecule has 0 bridgehead atoms. The number of hydrogen-bond acceptors (Lipinski definition) is 8. The summed E-state index contributed by atoms with van der Waals surface area (Å²) >= 11 is 0. The summed E-state index contributed by atoms with van der Waals surface area (Å²) in [6, 6.07) is 12.7. The summed E-state index contributed by atoms with van der Waals surface area (Å²) in [6.45, 7) is 3.62. The van der Waals surface area contributed by atoms with Gasteiger partial charge in [-0.25, -0.2) is 9.80 Å². The topological polar surface area (TPSA) is 113 Å². The van der Waals surface area contributed by atoms with Crippen molar-refractivity contribution in [3.05, 3.63) is 75.2 Å². The molecule has 1 N–H and O–H groups in total. The first-order valence-electron chi connectivity index (χ1n) is 8.89. The fourth-order valence-corrected chi connectivity index (χ4v) is 3.11. The van der Waals surface area contributed by atoms with E-state index >= 15 is 0 Å². The molecule has 0 radical (unpaired) electrons. The maximum atomic E-state index is 12.3. The van der Waals surface area contributed by atoms with Crippen LogP contribution in [0.4, 0.5) is 5.95 Å². The number of benzene rings is 1. The van der Waals surface area contributed by atoms with Crippen LogP contribution in [0.2, 0.25) is 0 Å². The van der Waals surface area contributed by atoms with E-state index in [2.05, 4.69) is 21.6 Å². The number of anilines is 1. The van der Waals surface area contributed by atoms with Crippen molar-refractivity contribution < 1.29 is 9.53 Å². The van der Waals surface area contributed by atoms with Crippen LogP contribution in [-0.2, 0) is 4.74 Å². The van der Waals surface area contributed by atoms with E-state index in [9.17, 15) is 14.9 Å². The van der Waals surface area contributed by atoms with Crippen LogP contribution in [0.5, 0.6) is 0 Å². The van der Waals surface area contributed by atoms with E-state index in [1.54, 1.807) is 11.9 Å². The zero-order valence-corrected chi connectivity index (χ0v) is 15.7. The molecule has 0 unspecified atom stereocenters. The van der Waals surface area contributed by atoms with E-state index in [1.165, 1.54) is 4.68 Å². The number of amidine groups is 1. The summed E-state index contributed by atoms with van der Waals surface area (Å²) in [5.74, 6) is -0.375. The summed E-state index contributed by atoms with van der Waals surface area (Å²) in [6.07, 6.45) is 1.85. The van der Waals surface area contributed by atoms with Gasteiger partial charge in [-0.2, -0.15) is 14.9 Å². The van der Waals surface area contributed by atoms with E-state index in [0.717, 1.165) is 22.9 Å². The molecule has 0 spiro atoms. The highest BCUT2D eigenvalue weighted by Gasteiger charge is 2.33. The number of esters is 1. The third-order valence-electron chi connectivity index (χ3n) is 4.40. The molecule has 1 aromatic heterocycles. The summed E-state index contributed by atoms with van der Waals surface area (Å²) in [5.41, 5.74) is 4.97. The highest BCUT2D eigenvalue weighted by Crippen LogP contribution is 2.32. The number of fused-ring (bicyclic) bond motifs is 2. The molecule has 0 saturated heterocycles. The van der Waals surface area contributed by atoms with Crippen molar-refractivity contribution in [2.75, 3.05) is 12.0 Å². The summed E-state index contributed by atoms with van der Waals surface area (Å²) in [7, 11) is 0. The Hall–Kier alpha value is -4.19. The molecular weight excluding hydrogens is 372 g/mol. The van der Waals surface area contributed by atoms with E-state index in [4.69, 9.17) is 4.74 Å². The second-order valence-electron chi connectivity index (χ2n) is 6.27. The lowest BCUT2D eigenvalue weighted by atomic mass is 10.00. The highest BCUT2D eigenvalue weighted by molar-refractivity contribution is 6.10. The quantitative estimate of drug-likeness (QED) is 0.801. The molecule has 0 aliphatic carbocycles. The Morgan fingerprint density at radius 3 is 2.76 bits per heavy atom. The molecular formula is C20H16N6O3. The van der Waals surface area contributed by atoms with Crippen LogP contribution in [0.1, 0.15) is 29.9 Å². The number of allylic oxidation sites excluding steroid dienone is 2. The lowest BCUT2D eigenvalue weighted by Crippen LogP contribution is -2.44. The Morgan fingerprint density at radius 1 is 1.31 bits per heavy atom. The summed E-state index contributed by atoms with van der Waals surface area (Å²) < 4.78 is 6.21. The van der Waals surface area contributed by atoms with Crippen molar-refractivity contribution in [1.29, 1.82) is 5.26 Å². The van der Waals surface area contributed by atoms with Gasteiger partial charge in [0.25, 0.3) is 5.56 Å². The minimum Gasteiger partial charge on any atom is -0.461 e. The number of carbonyl (C=O) groups excluding carboxylic acids is 1. The Balaban J connectivity index is 1.93. The van der Waals surface area contributed by atoms with Crippen molar-refractivity contribution in [2.45, 2.75) is 13.8 Å². The predicted octanol–water partition coefficient (Wildman–Crippen LogP) is 2.12. The fourth-order valence-electron chi connectivity index (χ4n) is 3.11. The lowest BCUT2D eigenvalue weighted by Gasteiger charge is -2.35. The first kappa shape index (κ1) is 18.2. The fraction of sp³-hybridized carbons (Fsp3) is 0.150. The molecule has 9 nitrogen and oxygen atoms in total. The van der Waals surface area contributed by atoms with E-state index in [-0.39, 0.29) is 24.1 Å². The molecule has 0 saturated carbocycles. The summed E-state index contributed by atoms with van der Waals surface area (Å²) in [5, 5.41) is 15.7. The maximum absolute atomic E-state index is 12.3. The molecule has 9 heteroatoms. The Kier molecular flexibility index (Phi) is 4.44. The largest absolute Gasteiger partial charge is 0.461 e. The van der Waals surface area contributed by atoms with Crippen LogP contribution >= 0.6 is 0 Å². The van der Waals surface area contributed by atoms with Crippen molar-refractivity contribution >= 4 is 23.5 Å². The zero-order valence-electron chi connectivity index (χ0n) is 15.7. The lowest BCUT2D eigenvalue weighted by molar-refractivity contribution is 0.0513. The number of carbonyl (C=O) groups is 1. The number of hydrazine groups is 1. The number of ether oxygens (including phenoxy) is 1. The van der Waals surface area contributed by atoms with E-state index < -0.39 is 11.5 Å². The number of aromatic nitrogens is 2. The minimum absolute atomic E-state index is 0.0444. The van der Waals surface area contributed by atoms with Crippen molar-refractivity contribution in [1.82, 2.24) is 14.7 Å². The molecule has 0 atom stereocenters. The second-order valence-corrected chi connectivity index (χ2v) is 6.27. The molecule has 144 valence electrons. The second kappa shape index (κ2) is 7.09. The van der Waals surface area contributed by atoms with Crippen LogP contribution in [-0.4, -0.2) is 33.1 Å². The molecule has 2 aliphatic rings. The average molecular weight is 388 g/mol. The SMILES string of the molecule is CCOC(=O)c1cc(=O)nc2n1N=C1C(C#N)=C(C)C=C(c3ccccc3)N1N2. The van der Waals surface area contributed by atoms with Crippen molar-refractivity contribution in [3.63, 3.8) is 0 Å². The van der Waals surface area contributed by atoms with Gasteiger partial charge in [-0.05, 0) is 25.5 Å². The molecule has 0 fully saturated rings. The zero-order chi connectivity index (χ0) is 20.5. The van der Waals surface area contributed by atoms with Crippen LogP contribution in [0.15, 0.2) is 63.5 Å². The highest BCUT2D eigenvalue weighted by atomic mass is 16.5. The standard InChI is InChI=1S/C20H16N6O3/c1-3-29-19(28)16-10-17(27)22-20-24-25-15(13-7-5-4-6-8-13)9-12(2)14(11-21)18(25)23-26(16)20/h4-10H,3H2,1-2H3,(H,22,24,27). The van der Waals surface area contributed by atoms with Crippen molar-refractivity contribution in [2.24, 2.45) is 5.10 Å². The van der Waals surface area contributed by atoms with Gasteiger partial charge in [0.05, 0.1) is 12.3 Å². The van der Waals surface area contributed by atoms with Crippen LogP contribution in [0, 0.1) is 11.3 Å². The molecule has 2 aliphatic heterocycles. The van der Waals surface area contributed by atoms with Gasteiger partial charge < -0.3 is 4.74 Å². The minimum atomic E-state index is -0.707. The average Bonchev–Trinajstić information content (AvgIpc) is 2.72. The first-order chi connectivity index (χ1) is 14.0. The van der Waals surface area contributed by atoms with Gasteiger partial charge in [-0.1, -0.05) is 30.3 Å². The van der Waals surface area contributed by atoms with Gasteiger partial charge in [0.2, 0.25) is 5.95 Å². The number of nitrogens with one attached hydrogen (secondary N) is 1. The third kappa shape index (κ3) is 3.06.